The molecule has 0 spiro atoms. The van der Waals surface area contributed by atoms with E-state index in [9.17, 15) is 4.79 Å². The molecule has 1 atom stereocenters. The van der Waals surface area contributed by atoms with E-state index >= 15 is 0 Å². The number of carbonyl (C=O) groups excluding carboxylic acids is 1. The first-order valence-corrected chi connectivity index (χ1v) is 6.17. The van der Waals surface area contributed by atoms with Crippen LogP contribution in [-0.2, 0) is 4.79 Å². The standard InChI is InChI=1S/C13H19N3O2/c1-13(6-4-7-14-9-13)12(17)16-10-5-3-8-15-11(10)18-2/h3,5,8,14H,4,6-7,9H2,1-2H3,(H,16,17). The third-order valence-corrected chi connectivity index (χ3v) is 3.36. The Morgan fingerprint density at radius 1 is 1.61 bits per heavy atom. The molecule has 5 nitrogen and oxygen atoms in total. The van der Waals surface area contributed by atoms with Gasteiger partial charge in [-0.05, 0) is 38.4 Å². The van der Waals surface area contributed by atoms with Crippen molar-refractivity contribution in [2.45, 2.75) is 19.8 Å². The van der Waals surface area contributed by atoms with Crippen LogP contribution in [0.3, 0.4) is 0 Å². The molecule has 0 aromatic carbocycles. The molecular weight excluding hydrogens is 230 g/mol. The zero-order valence-electron chi connectivity index (χ0n) is 10.8. The lowest BCUT2D eigenvalue weighted by Crippen LogP contribution is -2.46. The Morgan fingerprint density at radius 3 is 3.11 bits per heavy atom. The first kappa shape index (κ1) is 12.8. The SMILES string of the molecule is COc1ncccc1NC(=O)C1(C)CCCNC1. The van der Waals surface area contributed by atoms with E-state index in [1.807, 2.05) is 6.92 Å². The Labute approximate surface area is 107 Å². The molecule has 1 fully saturated rings. The van der Waals surface area contributed by atoms with Crippen molar-refractivity contribution in [2.24, 2.45) is 5.41 Å². The number of rotatable bonds is 3. The number of methoxy groups -OCH3 is 1. The Kier molecular flexibility index (Phi) is 3.81. The van der Waals surface area contributed by atoms with Gasteiger partial charge in [-0.15, -0.1) is 0 Å². The number of hydrogen-bond donors (Lipinski definition) is 2. The Bertz CT molecular complexity index is 428. The Balaban J connectivity index is 2.10. The van der Waals surface area contributed by atoms with E-state index in [4.69, 9.17) is 4.74 Å². The summed E-state index contributed by atoms with van der Waals surface area (Å²) < 4.78 is 5.13. The molecule has 1 saturated heterocycles. The third kappa shape index (κ3) is 2.61. The van der Waals surface area contributed by atoms with Crippen molar-refractivity contribution in [1.29, 1.82) is 0 Å². The van der Waals surface area contributed by atoms with E-state index in [0.29, 0.717) is 18.1 Å². The quantitative estimate of drug-likeness (QED) is 0.850. The van der Waals surface area contributed by atoms with Gasteiger partial charge in [0.1, 0.15) is 5.69 Å². The molecule has 1 aliphatic heterocycles. The summed E-state index contributed by atoms with van der Waals surface area (Å²) in [5.74, 6) is 0.458. The highest BCUT2D eigenvalue weighted by Gasteiger charge is 2.34. The third-order valence-electron chi connectivity index (χ3n) is 3.36. The molecule has 0 radical (unpaired) electrons. The van der Waals surface area contributed by atoms with Crippen LogP contribution < -0.4 is 15.4 Å². The molecule has 1 unspecified atom stereocenters. The summed E-state index contributed by atoms with van der Waals surface area (Å²) in [6, 6.07) is 3.57. The summed E-state index contributed by atoms with van der Waals surface area (Å²) in [6.45, 7) is 3.68. The van der Waals surface area contributed by atoms with Gasteiger partial charge in [0, 0.05) is 12.7 Å². The van der Waals surface area contributed by atoms with Gasteiger partial charge in [0.2, 0.25) is 11.8 Å². The van der Waals surface area contributed by atoms with E-state index in [2.05, 4.69) is 15.6 Å². The van der Waals surface area contributed by atoms with Crippen LogP contribution in [0.1, 0.15) is 19.8 Å². The van der Waals surface area contributed by atoms with E-state index in [0.717, 1.165) is 19.4 Å². The van der Waals surface area contributed by atoms with Gasteiger partial charge in [-0.25, -0.2) is 4.98 Å². The second kappa shape index (κ2) is 5.35. The lowest BCUT2D eigenvalue weighted by Gasteiger charge is -2.32. The molecule has 2 heterocycles. The van der Waals surface area contributed by atoms with Gasteiger partial charge in [-0.3, -0.25) is 4.79 Å². The number of aromatic nitrogens is 1. The largest absolute Gasteiger partial charge is 0.480 e. The van der Waals surface area contributed by atoms with Crippen LogP contribution in [0.2, 0.25) is 0 Å². The Hall–Kier alpha value is -1.62. The molecule has 2 rings (SSSR count). The van der Waals surface area contributed by atoms with Crippen molar-refractivity contribution >= 4 is 11.6 Å². The zero-order valence-corrected chi connectivity index (χ0v) is 10.8. The molecule has 1 amide bonds. The van der Waals surface area contributed by atoms with E-state index in [1.165, 1.54) is 0 Å². The maximum absolute atomic E-state index is 12.3. The van der Waals surface area contributed by atoms with Crippen molar-refractivity contribution < 1.29 is 9.53 Å². The minimum Gasteiger partial charge on any atom is -0.480 e. The maximum atomic E-state index is 12.3. The van der Waals surface area contributed by atoms with Gasteiger partial charge in [-0.1, -0.05) is 0 Å². The lowest BCUT2D eigenvalue weighted by molar-refractivity contribution is -0.125. The fourth-order valence-electron chi connectivity index (χ4n) is 2.17. The second-order valence-electron chi connectivity index (χ2n) is 4.86. The topological polar surface area (TPSA) is 63.2 Å². The van der Waals surface area contributed by atoms with Gasteiger partial charge in [0.15, 0.2) is 0 Å². The number of carbonyl (C=O) groups is 1. The first-order valence-electron chi connectivity index (χ1n) is 6.17. The molecule has 0 aliphatic carbocycles. The highest BCUT2D eigenvalue weighted by atomic mass is 16.5. The average molecular weight is 249 g/mol. The fraction of sp³-hybridized carbons (Fsp3) is 0.538. The van der Waals surface area contributed by atoms with Crippen LogP contribution in [0.5, 0.6) is 5.88 Å². The minimum absolute atomic E-state index is 0.0148. The van der Waals surface area contributed by atoms with Gasteiger partial charge in [0.05, 0.1) is 12.5 Å². The number of pyridine rings is 1. The molecule has 0 bridgehead atoms. The number of nitrogens with one attached hydrogen (secondary N) is 2. The zero-order chi connectivity index (χ0) is 13.0. The normalized spacial score (nSPS) is 23.4. The number of nitrogens with zero attached hydrogens (tertiary/aromatic N) is 1. The maximum Gasteiger partial charge on any atom is 0.237 e. The molecule has 2 N–H and O–H groups in total. The molecular formula is C13H19N3O2. The second-order valence-corrected chi connectivity index (χ2v) is 4.86. The van der Waals surface area contributed by atoms with E-state index in [1.54, 1.807) is 25.4 Å². The molecule has 1 aromatic heterocycles. The number of anilines is 1. The summed E-state index contributed by atoms with van der Waals surface area (Å²) >= 11 is 0. The summed E-state index contributed by atoms with van der Waals surface area (Å²) in [7, 11) is 1.54. The number of amides is 1. The van der Waals surface area contributed by atoms with Crippen molar-refractivity contribution in [1.82, 2.24) is 10.3 Å². The molecule has 1 aromatic rings. The summed E-state index contributed by atoms with van der Waals surface area (Å²) in [6.07, 6.45) is 3.56. The summed E-state index contributed by atoms with van der Waals surface area (Å²) in [5, 5.41) is 6.17. The van der Waals surface area contributed by atoms with Crippen molar-refractivity contribution in [3.05, 3.63) is 18.3 Å². The smallest absolute Gasteiger partial charge is 0.237 e. The van der Waals surface area contributed by atoms with Crippen LogP contribution in [0, 0.1) is 5.41 Å². The summed E-state index contributed by atoms with van der Waals surface area (Å²) in [4.78, 5) is 16.4. The number of ether oxygens (including phenoxy) is 1. The average Bonchev–Trinajstić information content (AvgIpc) is 2.40. The van der Waals surface area contributed by atoms with Crippen molar-refractivity contribution in [3.63, 3.8) is 0 Å². The Morgan fingerprint density at radius 2 is 2.44 bits per heavy atom. The highest BCUT2D eigenvalue weighted by Crippen LogP contribution is 2.29. The van der Waals surface area contributed by atoms with Crippen molar-refractivity contribution in [2.75, 3.05) is 25.5 Å². The van der Waals surface area contributed by atoms with E-state index < -0.39 is 0 Å². The van der Waals surface area contributed by atoms with Crippen LogP contribution in [-0.4, -0.2) is 31.1 Å². The lowest BCUT2D eigenvalue weighted by atomic mass is 9.82. The summed E-state index contributed by atoms with van der Waals surface area (Å²) in [5.41, 5.74) is 0.260. The van der Waals surface area contributed by atoms with Gasteiger partial charge in [0.25, 0.3) is 0 Å². The van der Waals surface area contributed by atoms with Gasteiger partial charge < -0.3 is 15.4 Å². The molecule has 5 heteroatoms. The van der Waals surface area contributed by atoms with E-state index in [-0.39, 0.29) is 11.3 Å². The highest BCUT2D eigenvalue weighted by molar-refractivity contribution is 5.96. The van der Waals surface area contributed by atoms with Crippen molar-refractivity contribution in [3.8, 4) is 5.88 Å². The number of hydrogen-bond acceptors (Lipinski definition) is 4. The number of piperidine rings is 1. The molecule has 0 saturated carbocycles. The predicted octanol–water partition coefficient (Wildman–Crippen LogP) is 1.42. The molecule has 98 valence electrons. The fourth-order valence-corrected chi connectivity index (χ4v) is 2.17. The van der Waals surface area contributed by atoms with Crippen LogP contribution in [0.25, 0.3) is 0 Å². The predicted molar refractivity (Wildman–Crippen MR) is 69.6 cm³/mol. The minimum atomic E-state index is -0.362. The monoisotopic (exact) mass is 249 g/mol. The van der Waals surface area contributed by atoms with Gasteiger partial charge >= 0.3 is 0 Å². The van der Waals surface area contributed by atoms with Gasteiger partial charge in [-0.2, -0.15) is 0 Å². The van der Waals surface area contributed by atoms with Crippen LogP contribution >= 0.6 is 0 Å². The van der Waals surface area contributed by atoms with Crippen LogP contribution in [0.4, 0.5) is 5.69 Å². The molecule has 1 aliphatic rings. The first-order chi connectivity index (χ1) is 8.65. The van der Waals surface area contributed by atoms with Crippen LogP contribution in [0.15, 0.2) is 18.3 Å². The molecule has 18 heavy (non-hydrogen) atoms.